The maximum Gasteiger partial charge on any atom is 0.330 e. The Morgan fingerprint density at radius 3 is 2.18 bits per heavy atom. The van der Waals surface area contributed by atoms with E-state index in [1.807, 2.05) is 6.07 Å². The van der Waals surface area contributed by atoms with Crippen molar-refractivity contribution < 1.29 is 43.8 Å². The van der Waals surface area contributed by atoms with Gasteiger partial charge in [0, 0.05) is 12.0 Å². The number of phenols is 3. The number of hydrogen-bond acceptors (Lipinski definition) is 9. The third kappa shape index (κ3) is 6.56. The summed E-state index contributed by atoms with van der Waals surface area (Å²) in [6.45, 7) is 0.512. The Bertz CT molecular complexity index is 1330. The average Bonchev–Trinajstić information content (AvgIpc) is 3.34. The molecule has 9 nitrogen and oxygen atoms in total. The molecule has 1 aliphatic heterocycles. The van der Waals surface area contributed by atoms with E-state index in [2.05, 4.69) is 0 Å². The molecule has 0 radical (unpaired) electrons. The lowest BCUT2D eigenvalue weighted by Gasteiger charge is -2.23. The first-order chi connectivity index (χ1) is 18.8. The predicted octanol–water partition coefficient (Wildman–Crippen LogP) is 4.63. The zero-order chi connectivity index (χ0) is 27.9. The number of methoxy groups -OCH3 is 3. The maximum absolute atomic E-state index is 12.6. The molecule has 3 aromatic rings. The highest BCUT2D eigenvalue weighted by atomic mass is 16.5. The molecule has 4 rings (SSSR count). The SMILES string of the molecule is COc1cc(C=CC(=O)OCC2C(Cc3ccc(O)c(OC)c3)COC2c2ccc(O)c(OC)c2)ccc1O. The fourth-order valence-corrected chi connectivity index (χ4v) is 4.71. The van der Waals surface area contributed by atoms with Gasteiger partial charge in [-0.05, 0) is 71.5 Å². The summed E-state index contributed by atoms with van der Waals surface area (Å²) in [4.78, 5) is 12.6. The molecule has 3 N–H and O–H groups in total. The van der Waals surface area contributed by atoms with Crippen LogP contribution in [0.1, 0.15) is 22.8 Å². The van der Waals surface area contributed by atoms with Crippen LogP contribution in [0.25, 0.3) is 6.08 Å². The smallest absolute Gasteiger partial charge is 0.330 e. The summed E-state index contributed by atoms with van der Waals surface area (Å²) in [5.41, 5.74) is 2.40. The van der Waals surface area contributed by atoms with Crippen LogP contribution in [0.4, 0.5) is 0 Å². The Morgan fingerprint density at radius 1 is 0.872 bits per heavy atom. The van der Waals surface area contributed by atoms with Gasteiger partial charge in [-0.25, -0.2) is 4.79 Å². The number of rotatable bonds is 10. The third-order valence-corrected chi connectivity index (χ3v) is 6.79. The van der Waals surface area contributed by atoms with Crippen molar-refractivity contribution in [3.8, 4) is 34.5 Å². The normalized spacial score (nSPS) is 18.7. The number of ether oxygens (including phenoxy) is 5. The second kappa shape index (κ2) is 12.4. The van der Waals surface area contributed by atoms with Crippen molar-refractivity contribution in [2.75, 3.05) is 34.5 Å². The van der Waals surface area contributed by atoms with E-state index in [0.717, 1.165) is 11.1 Å². The van der Waals surface area contributed by atoms with Gasteiger partial charge in [0.25, 0.3) is 0 Å². The highest BCUT2D eigenvalue weighted by Crippen LogP contribution is 2.43. The Labute approximate surface area is 226 Å². The van der Waals surface area contributed by atoms with Crippen molar-refractivity contribution >= 4 is 12.0 Å². The second-order valence-corrected chi connectivity index (χ2v) is 9.21. The van der Waals surface area contributed by atoms with E-state index in [4.69, 9.17) is 23.7 Å². The van der Waals surface area contributed by atoms with Crippen LogP contribution in [-0.4, -0.2) is 55.8 Å². The fourth-order valence-electron chi connectivity index (χ4n) is 4.71. The van der Waals surface area contributed by atoms with Gasteiger partial charge in [-0.1, -0.05) is 18.2 Å². The standard InChI is InChI=1S/C30H32O9/c1-35-26-13-18(4-8-23(26)31)6-11-29(34)38-17-22-21(12-19-5-9-24(32)27(14-19)36-2)16-39-30(22)20-7-10-25(33)28(15-20)37-3/h4-11,13-15,21-22,30-33H,12,16-17H2,1-3H3. The molecule has 3 unspecified atom stereocenters. The molecule has 3 atom stereocenters. The van der Waals surface area contributed by atoms with Crippen LogP contribution in [0.5, 0.6) is 34.5 Å². The van der Waals surface area contributed by atoms with E-state index < -0.39 is 12.1 Å². The summed E-state index contributed by atoms with van der Waals surface area (Å²) < 4.78 is 27.5. The zero-order valence-electron chi connectivity index (χ0n) is 22.0. The van der Waals surface area contributed by atoms with Gasteiger partial charge in [0.1, 0.15) is 0 Å². The van der Waals surface area contributed by atoms with E-state index in [-0.39, 0.29) is 35.7 Å². The molecular formula is C30H32O9. The highest BCUT2D eigenvalue weighted by Gasteiger charge is 2.39. The number of phenolic OH excluding ortho intramolecular Hbond substituents is 3. The predicted molar refractivity (Wildman–Crippen MR) is 143 cm³/mol. The van der Waals surface area contributed by atoms with Gasteiger partial charge >= 0.3 is 5.97 Å². The molecule has 39 heavy (non-hydrogen) atoms. The van der Waals surface area contributed by atoms with Crippen molar-refractivity contribution in [3.63, 3.8) is 0 Å². The second-order valence-electron chi connectivity index (χ2n) is 9.21. The highest BCUT2D eigenvalue weighted by molar-refractivity contribution is 5.87. The van der Waals surface area contributed by atoms with Crippen LogP contribution < -0.4 is 14.2 Å². The quantitative estimate of drug-likeness (QED) is 0.251. The fraction of sp³-hybridized carbons (Fsp3) is 0.300. The molecule has 9 heteroatoms. The van der Waals surface area contributed by atoms with Gasteiger partial charge in [0.2, 0.25) is 0 Å². The van der Waals surface area contributed by atoms with Crippen LogP contribution in [0.3, 0.4) is 0 Å². The lowest BCUT2D eigenvalue weighted by atomic mass is 9.84. The van der Waals surface area contributed by atoms with Crippen molar-refractivity contribution in [2.45, 2.75) is 12.5 Å². The number of benzene rings is 3. The minimum Gasteiger partial charge on any atom is -0.504 e. The monoisotopic (exact) mass is 536 g/mol. The Kier molecular flexibility index (Phi) is 8.83. The Balaban J connectivity index is 1.52. The van der Waals surface area contributed by atoms with Gasteiger partial charge < -0.3 is 39.0 Å². The van der Waals surface area contributed by atoms with E-state index in [1.165, 1.54) is 33.5 Å². The average molecular weight is 537 g/mol. The van der Waals surface area contributed by atoms with E-state index >= 15 is 0 Å². The molecule has 0 aromatic heterocycles. The summed E-state index contributed by atoms with van der Waals surface area (Å²) in [5.74, 6) is 0.346. The summed E-state index contributed by atoms with van der Waals surface area (Å²) in [6.07, 6.45) is 3.10. The molecule has 0 aliphatic carbocycles. The van der Waals surface area contributed by atoms with Crippen molar-refractivity contribution in [3.05, 3.63) is 77.4 Å². The van der Waals surface area contributed by atoms with Crippen LogP contribution in [0, 0.1) is 11.8 Å². The first-order valence-corrected chi connectivity index (χ1v) is 12.4. The topological polar surface area (TPSA) is 124 Å². The van der Waals surface area contributed by atoms with Gasteiger partial charge in [0.05, 0.1) is 40.6 Å². The number of carbonyl (C=O) groups is 1. The van der Waals surface area contributed by atoms with Gasteiger partial charge in [-0.15, -0.1) is 0 Å². The van der Waals surface area contributed by atoms with Crippen molar-refractivity contribution in [1.82, 2.24) is 0 Å². The van der Waals surface area contributed by atoms with E-state index in [0.29, 0.717) is 35.8 Å². The molecule has 206 valence electrons. The van der Waals surface area contributed by atoms with Gasteiger partial charge in [-0.2, -0.15) is 0 Å². The van der Waals surface area contributed by atoms with Crippen molar-refractivity contribution in [1.29, 1.82) is 0 Å². The number of hydrogen-bond donors (Lipinski definition) is 3. The summed E-state index contributed by atoms with van der Waals surface area (Å²) in [6, 6.07) is 15.0. The number of esters is 1. The van der Waals surface area contributed by atoms with Crippen LogP contribution in [-0.2, 0) is 20.7 Å². The summed E-state index contributed by atoms with van der Waals surface area (Å²) >= 11 is 0. The van der Waals surface area contributed by atoms with E-state index in [9.17, 15) is 20.1 Å². The molecule has 0 amide bonds. The van der Waals surface area contributed by atoms with E-state index in [1.54, 1.807) is 48.5 Å². The van der Waals surface area contributed by atoms with Crippen LogP contribution in [0.2, 0.25) is 0 Å². The first-order valence-electron chi connectivity index (χ1n) is 12.4. The minimum absolute atomic E-state index is 0.00709. The molecule has 1 fully saturated rings. The molecule has 1 saturated heterocycles. The lowest BCUT2D eigenvalue weighted by molar-refractivity contribution is -0.139. The molecule has 1 aliphatic rings. The van der Waals surface area contributed by atoms with Gasteiger partial charge in [0.15, 0.2) is 34.5 Å². The third-order valence-electron chi connectivity index (χ3n) is 6.79. The lowest BCUT2D eigenvalue weighted by Crippen LogP contribution is -2.24. The largest absolute Gasteiger partial charge is 0.504 e. The van der Waals surface area contributed by atoms with Gasteiger partial charge in [-0.3, -0.25) is 0 Å². The molecule has 1 heterocycles. The molecular weight excluding hydrogens is 504 g/mol. The number of aromatic hydroxyl groups is 3. The Hall–Kier alpha value is -4.37. The van der Waals surface area contributed by atoms with Crippen LogP contribution in [0.15, 0.2) is 60.7 Å². The molecule has 0 spiro atoms. The molecule has 0 bridgehead atoms. The minimum atomic E-state index is -0.527. The van der Waals surface area contributed by atoms with Crippen LogP contribution >= 0.6 is 0 Å². The molecule has 0 saturated carbocycles. The zero-order valence-corrected chi connectivity index (χ0v) is 22.0. The first kappa shape index (κ1) is 27.7. The van der Waals surface area contributed by atoms with Crippen molar-refractivity contribution in [2.24, 2.45) is 11.8 Å². The summed E-state index contributed by atoms with van der Waals surface area (Å²) in [5, 5.41) is 29.8. The Morgan fingerprint density at radius 2 is 1.49 bits per heavy atom. The summed E-state index contributed by atoms with van der Waals surface area (Å²) in [7, 11) is 4.42. The maximum atomic E-state index is 12.6. The number of carbonyl (C=O) groups excluding carboxylic acids is 1. The molecule has 3 aromatic carbocycles.